The monoisotopic (exact) mass is 311 g/mol. The number of rotatable bonds is 4. The highest BCUT2D eigenvalue weighted by Crippen LogP contribution is 2.27. The minimum absolute atomic E-state index is 0.173. The predicted octanol–water partition coefficient (Wildman–Crippen LogP) is 1.15. The van der Waals surface area contributed by atoms with E-state index in [-0.39, 0.29) is 19.0 Å². The van der Waals surface area contributed by atoms with E-state index in [9.17, 15) is 14.4 Å². The van der Waals surface area contributed by atoms with Crippen LogP contribution in [0.1, 0.15) is 18.1 Å². The minimum Gasteiger partial charge on any atom is -0.355 e. The third-order valence-corrected chi connectivity index (χ3v) is 2.96. The Morgan fingerprint density at radius 3 is 2.24 bits per heavy atom. The zero-order valence-electron chi connectivity index (χ0n) is 12.2. The predicted molar refractivity (Wildman–Crippen MR) is 81.2 cm³/mol. The molecule has 0 heterocycles. The van der Waals surface area contributed by atoms with Gasteiger partial charge in [-0.3, -0.25) is 14.4 Å². The zero-order chi connectivity index (χ0) is 16.0. The maximum atomic E-state index is 11.8. The van der Waals surface area contributed by atoms with Crippen molar-refractivity contribution in [2.75, 3.05) is 18.4 Å². The van der Waals surface area contributed by atoms with Crippen LogP contribution in [0.25, 0.3) is 0 Å². The molecule has 3 N–H and O–H groups in total. The highest BCUT2D eigenvalue weighted by Gasteiger charge is 2.16. The molecule has 0 aromatic heterocycles. The van der Waals surface area contributed by atoms with Crippen LogP contribution in [0.15, 0.2) is 12.1 Å². The number of carbonyl (C=O) groups is 3. The zero-order valence-corrected chi connectivity index (χ0v) is 12.9. The number of hydrogen-bond donors (Lipinski definition) is 3. The van der Waals surface area contributed by atoms with Gasteiger partial charge in [0.2, 0.25) is 5.91 Å². The first-order valence-corrected chi connectivity index (χ1v) is 6.79. The average Bonchev–Trinajstić information content (AvgIpc) is 2.38. The Balaban J connectivity index is 2.57. The summed E-state index contributed by atoms with van der Waals surface area (Å²) in [4.78, 5) is 34.0. The van der Waals surface area contributed by atoms with Crippen LogP contribution in [-0.4, -0.2) is 30.8 Å². The van der Waals surface area contributed by atoms with Crippen LogP contribution in [0, 0.1) is 13.8 Å². The Hall–Kier alpha value is -2.08. The molecule has 7 heteroatoms. The van der Waals surface area contributed by atoms with Gasteiger partial charge in [-0.25, -0.2) is 0 Å². The lowest BCUT2D eigenvalue weighted by molar-refractivity contribution is -0.136. The van der Waals surface area contributed by atoms with Crippen LogP contribution < -0.4 is 16.0 Å². The summed E-state index contributed by atoms with van der Waals surface area (Å²) in [5.74, 6) is -1.78. The summed E-state index contributed by atoms with van der Waals surface area (Å²) in [6, 6.07) is 3.56. The molecule has 1 aromatic carbocycles. The van der Waals surface area contributed by atoms with Crippen molar-refractivity contribution in [3.63, 3.8) is 0 Å². The van der Waals surface area contributed by atoms with E-state index in [1.165, 1.54) is 6.92 Å². The maximum absolute atomic E-state index is 11.8. The maximum Gasteiger partial charge on any atom is 0.313 e. The molecule has 0 spiro atoms. The highest BCUT2D eigenvalue weighted by atomic mass is 35.5. The Labute approximate surface area is 128 Å². The average molecular weight is 312 g/mol. The first-order valence-electron chi connectivity index (χ1n) is 6.41. The van der Waals surface area contributed by atoms with Crippen molar-refractivity contribution < 1.29 is 14.4 Å². The molecule has 0 aliphatic carbocycles. The molecule has 6 nitrogen and oxygen atoms in total. The van der Waals surface area contributed by atoms with Crippen molar-refractivity contribution in [2.24, 2.45) is 0 Å². The lowest BCUT2D eigenvalue weighted by Crippen LogP contribution is -2.39. The van der Waals surface area contributed by atoms with Gasteiger partial charge in [0.25, 0.3) is 0 Å². The molecule has 0 unspecified atom stereocenters. The van der Waals surface area contributed by atoms with Crippen molar-refractivity contribution in [2.45, 2.75) is 20.8 Å². The molecule has 0 aliphatic rings. The van der Waals surface area contributed by atoms with E-state index < -0.39 is 11.8 Å². The second-order valence-electron chi connectivity index (χ2n) is 4.63. The summed E-state index contributed by atoms with van der Waals surface area (Å²) in [7, 11) is 0. The molecular formula is C14H18ClN3O3. The van der Waals surface area contributed by atoms with Gasteiger partial charge in [0.1, 0.15) is 0 Å². The van der Waals surface area contributed by atoms with Crippen molar-refractivity contribution in [3.05, 3.63) is 28.3 Å². The molecule has 1 aromatic rings. The molecular weight excluding hydrogens is 294 g/mol. The molecule has 1 rings (SSSR count). The molecule has 0 aliphatic heterocycles. The lowest BCUT2D eigenvalue weighted by atomic mass is 10.1. The van der Waals surface area contributed by atoms with Crippen LogP contribution in [0.5, 0.6) is 0 Å². The number of halogens is 1. The third-order valence-electron chi connectivity index (χ3n) is 2.66. The van der Waals surface area contributed by atoms with E-state index in [0.29, 0.717) is 10.7 Å². The first-order chi connectivity index (χ1) is 9.81. The van der Waals surface area contributed by atoms with Gasteiger partial charge in [0.15, 0.2) is 0 Å². The highest BCUT2D eigenvalue weighted by molar-refractivity contribution is 6.41. The summed E-state index contributed by atoms with van der Waals surface area (Å²) in [6.07, 6.45) is 0. The number of hydrogen-bond acceptors (Lipinski definition) is 3. The topological polar surface area (TPSA) is 87.3 Å². The molecule has 0 atom stereocenters. The molecule has 0 saturated heterocycles. The number of carbonyl (C=O) groups excluding carboxylic acids is 3. The van der Waals surface area contributed by atoms with Gasteiger partial charge in [0, 0.05) is 20.0 Å². The number of amides is 3. The largest absolute Gasteiger partial charge is 0.355 e. The first kappa shape index (κ1) is 17.0. The molecule has 21 heavy (non-hydrogen) atoms. The van der Waals surface area contributed by atoms with Crippen LogP contribution >= 0.6 is 11.6 Å². The summed E-state index contributed by atoms with van der Waals surface area (Å²) < 4.78 is 0. The molecule has 0 bridgehead atoms. The van der Waals surface area contributed by atoms with Crippen LogP contribution in [0.3, 0.4) is 0 Å². The summed E-state index contributed by atoms with van der Waals surface area (Å²) in [6.45, 7) is 5.49. The van der Waals surface area contributed by atoms with Crippen molar-refractivity contribution in [3.8, 4) is 0 Å². The molecule has 3 amide bonds. The normalized spacial score (nSPS) is 9.90. The van der Waals surface area contributed by atoms with E-state index in [1.54, 1.807) is 13.0 Å². The second-order valence-corrected chi connectivity index (χ2v) is 5.04. The molecule has 0 fully saturated rings. The molecule has 0 saturated carbocycles. The summed E-state index contributed by atoms with van der Waals surface area (Å²) >= 11 is 6.05. The van der Waals surface area contributed by atoms with Crippen molar-refractivity contribution in [1.29, 1.82) is 0 Å². The van der Waals surface area contributed by atoms with Crippen molar-refractivity contribution >= 4 is 35.0 Å². The molecule has 0 radical (unpaired) electrons. The number of aryl methyl sites for hydroxylation is 2. The Morgan fingerprint density at radius 1 is 1.05 bits per heavy atom. The fourth-order valence-corrected chi connectivity index (χ4v) is 2.11. The van der Waals surface area contributed by atoms with E-state index in [2.05, 4.69) is 16.0 Å². The van der Waals surface area contributed by atoms with E-state index in [4.69, 9.17) is 11.6 Å². The Morgan fingerprint density at radius 2 is 1.67 bits per heavy atom. The van der Waals surface area contributed by atoms with E-state index >= 15 is 0 Å². The van der Waals surface area contributed by atoms with Gasteiger partial charge in [-0.2, -0.15) is 0 Å². The van der Waals surface area contributed by atoms with Gasteiger partial charge < -0.3 is 16.0 Å². The number of anilines is 1. The van der Waals surface area contributed by atoms with Gasteiger partial charge in [-0.1, -0.05) is 17.7 Å². The van der Waals surface area contributed by atoms with Crippen molar-refractivity contribution in [1.82, 2.24) is 10.6 Å². The quantitative estimate of drug-likeness (QED) is 0.576. The fraction of sp³-hybridized carbons (Fsp3) is 0.357. The molecule has 114 valence electrons. The standard InChI is InChI=1S/C14H18ClN3O3/c1-8-6-9(2)12(11(15)7-8)18-14(21)13(20)17-5-4-16-10(3)19/h6-7H,4-5H2,1-3H3,(H,16,19)(H,17,20)(H,18,21). The number of benzene rings is 1. The third kappa shape index (κ3) is 5.43. The van der Waals surface area contributed by atoms with Crippen LogP contribution in [0.4, 0.5) is 5.69 Å². The number of nitrogens with one attached hydrogen (secondary N) is 3. The van der Waals surface area contributed by atoms with Crippen LogP contribution in [0.2, 0.25) is 5.02 Å². The van der Waals surface area contributed by atoms with Gasteiger partial charge in [-0.05, 0) is 31.0 Å². The van der Waals surface area contributed by atoms with E-state index in [0.717, 1.165) is 11.1 Å². The Bertz CT molecular complexity index is 550. The summed E-state index contributed by atoms with van der Waals surface area (Å²) in [5.41, 5.74) is 2.17. The van der Waals surface area contributed by atoms with Gasteiger partial charge in [0.05, 0.1) is 10.7 Å². The lowest BCUT2D eigenvalue weighted by Gasteiger charge is -2.11. The van der Waals surface area contributed by atoms with E-state index in [1.807, 2.05) is 13.0 Å². The smallest absolute Gasteiger partial charge is 0.313 e. The minimum atomic E-state index is -0.799. The summed E-state index contributed by atoms with van der Waals surface area (Å²) in [5, 5.41) is 7.77. The van der Waals surface area contributed by atoms with Gasteiger partial charge >= 0.3 is 11.8 Å². The SMILES string of the molecule is CC(=O)NCCNC(=O)C(=O)Nc1c(C)cc(C)cc1Cl. The second kappa shape index (κ2) is 7.64. The fourth-order valence-electron chi connectivity index (χ4n) is 1.74. The van der Waals surface area contributed by atoms with Gasteiger partial charge in [-0.15, -0.1) is 0 Å². The Kier molecular flexibility index (Phi) is 6.17. The van der Waals surface area contributed by atoms with Crippen LogP contribution in [-0.2, 0) is 14.4 Å².